The first-order chi connectivity index (χ1) is 9.33. The van der Waals surface area contributed by atoms with Crippen molar-refractivity contribution < 1.29 is 9.84 Å². The van der Waals surface area contributed by atoms with E-state index in [-0.39, 0.29) is 6.10 Å². The van der Waals surface area contributed by atoms with Crippen molar-refractivity contribution in [2.75, 3.05) is 6.61 Å². The average Bonchev–Trinajstić information content (AvgIpc) is 2.81. The van der Waals surface area contributed by atoms with E-state index in [1.807, 2.05) is 30.3 Å². The van der Waals surface area contributed by atoms with Crippen LogP contribution in [0.4, 0.5) is 0 Å². The van der Waals surface area contributed by atoms with Gasteiger partial charge in [-0.05, 0) is 41.7 Å². The van der Waals surface area contributed by atoms with Crippen molar-refractivity contribution in [3.8, 4) is 5.75 Å². The number of hydrogen-bond acceptors (Lipinski definition) is 2. The van der Waals surface area contributed by atoms with E-state index < -0.39 is 0 Å². The Balaban J connectivity index is 1.59. The topological polar surface area (TPSA) is 29.5 Å². The molecule has 1 aliphatic rings. The van der Waals surface area contributed by atoms with Gasteiger partial charge < -0.3 is 9.84 Å². The zero-order valence-corrected chi connectivity index (χ0v) is 10.9. The van der Waals surface area contributed by atoms with E-state index in [1.165, 1.54) is 11.1 Å². The molecule has 1 aliphatic carbocycles. The molecule has 0 aliphatic heterocycles. The molecule has 2 nitrogen and oxygen atoms in total. The van der Waals surface area contributed by atoms with Gasteiger partial charge in [-0.3, -0.25) is 0 Å². The van der Waals surface area contributed by atoms with Crippen LogP contribution in [0.1, 0.15) is 29.2 Å². The van der Waals surface area contributed by atoms with Gasteiger partial charge in [-0.1, -0.05) is 36.4 Å². The maximum atomic E-state index is 9.76. The number of aryl methyl sites for hydroxylation is 1. The fraction of sp³-hybridized carbons (Fsp3) is 0.294. The highest BCUT2D eigenvalue weighted by Gasteiger charge is 2.20. The molecule has 19 heavy (non-hydrogen) atoms. The van der Waals surface area contributed by atoms with Gasteiger partial charge in [0.1, 0.15) is 5.75 Å². The predicted octanol–water partition coefficient (Wildman–Crippen LogP) is 3.29. The quantitative estimate of drug-likeness (QED) is 0.907. The highest BCUT2D eigenvalue weighted by Crippen LogP contribution is 2.33. The summed E-state index contributed by atoms with van der Waals surface area (Å²) in [5.41, 5.74) is 3.58. The fourth-order valence-electron chi connectivity index (χ4n) is 2.59. The van der Waals surface area contributed by atoms with Gasteiger partial charge in [0.15, 0.2) is 0 Å². The second-order valence-electron chi connectivity index (χ2n) is 5.00. The Bertz CT molecular complexity index is 548. The van der Waals surface area contributed by atoms with Gasteiger partial charge >= 0.3 is 0 Å². The molecule has 3 rings (SSSR count). The average molecular weight is 254 g/mol. The first-order valence-electron chi connectivity index (χ1n) is 6.80. The number of benzene rings is 2. The van der Waals surface area contributed by atoms with Crippen molar-refractivity contribution >= 4 is 0 Å². The zero-order chi connectivity index (χ0) is 13.1. The van der Waals surface area contributed by atoms with Crippen LogP contribution in [-0.4, -0.2) is 11.7 Å². The van der Waals surface area contributed by atoms with Gasteiger partial charge in [-0.25, -0.2) is 0 Å². The summed E-state index contributed by atoms with van der Waals surface area (Å²) in [6.07, 6.45) is 2.42. The Kier molecular flexibility index (Phi) is 3.51. The minimum absolute atomic E-state index is 0.284. The van der Waals surface area contributed by atoms with Crippen LogP contribution in [0.2, 0.25) is 0 Å². The van der Waals surface area contributed by atoms with Gasteiger partial charge in [0.2, 0.25) is 0 Å². The highest BCUT2D eigenvalue weighted by molar-refractivity contribution is 5.39. The third-order valence-electron chi connectivity index (χ3n) is 3.66. The number of fused-ring (bicyclic) bond motifs is 1. The van der Waals surface area contributed by atoms with Crippen molar-refractivity contribution in [2.45, 2.75) is 25.4 Å². The van der Waals surface area contributed by atoms with Crippen LogP contribution in [0.5, 0.6) is 5.75 Å². The first kappa shape index (κ1) is 12.2. The van der Waals surface area contributed by atoms with E-state index in [0.29, 0.717) is 6.61 Å². The molecular formula is C17H18O2. The molecule has 0 saturated carbocycles. The third kappa shape index (κ3) is 2.79. The van der Waals surface area contributed by atoms with E-state index in [0.717, 1.165) is 30.6 Å². The zero-order valence-electron chi connectivity index (χ0n) is 10.9. The number of ether oxygens (including phenoxy) is 1. The molecule has 2 heteroatoms. The Morgan fingerprint density at radius 2 is 1.95 bits per heavy atom. The molecule has 0 fully saturated rings. The minimum Gasteiger partial charge on any atom is -0.493 e. The molecule has 1 atom stereocenters. The second-order valence-corrected chi connectivity index (χ2v) is 5.00. The number of aliphatic hydroxyl groups is 1. The Labute approximate surface area is 113 Å². The van der Waals surface area contributed by atoms with E-state index in [1.54, 1.807) is 0 Å². The summed E-state index contributed by atoms with van der Waals surface area (Å²) in [5, 5.41) is 9.76. The summed E-state index contributed by atoms with van der Waals surface area (Å²) in [4.78, 5) is 0. The summed E-state index contributed by atoms with van der Waals surface area (Å²) in [6, 6.07) is 16.4. The van der Waals surface area contributed by atoms with Crippen molar-refractivity contribution in [3.63, 3.8) is 0 Å². The molecular weight excluding hydrogens is 236 g/mol. The van der Waals surface area contributed by atoms with Crippen LogP contribution in [-0.2, 0) is 12.8 Å². The molecule has 0 radical (unpaired) electrons. The predicted molar refractivity (Wildman–Crippen MR) is 75.4 cm³/mol. The van der Waals surface area contributed by atoms with Gasteiger partial charge in [0, 0.05) is 6.42 Å². The smallest absolute Gasteiger partial charge is 0.119 e. The first-order valence-corrected chi connectivity index (χ1v) is 6.80. The van der Waals surface area contributed by atoms with E-state index in [4.69, 9.17) is 4.74 Å². The number of aliphatic hydroxyl groups excluding tert-OH is 1. The molecule has 0 aromatic heterocycles. The van der Waals surface area contributed by atoms with Crippen molar-refractivity contribution in [3.05, 3.63) is 65.2 Å². The van der Waals surface area contributed by atoms with Crippen LogP contribution in [0.15, 0.2) is 48.5 Å². The summed E-state index contributed by atoms with van der Waals surface area (Å²) in [5.74, 6) is 0.906. The van der Waals surface area contributed by atoms with Gasteiger partial charge in [0.25, 0.3) is 0 Å². The van der Waals surface area contributed by atoms with Gasteiger partial charge in [-0.2, -0.15) is 0 Å². The van der Waals surface area contributed by atoms with Crippen LogP contribution < -0.4 is 4.74 Å². The standard InChI is InChI=1S/C17H18O2/c18-17-9-6-14-12-15(7-8-16(14)17)19-11-10-13-4-2-1-3-5-13/h1-5,7-8,12,17-18H,6,9-11H2/t17-/m1/s1. The highest BCUT2D eigenvalue weighted by atomic mass is 16.5. The van der Waals surface area contributed by atoms with Gasteiger partial charge in [0.05, 0.1) is 12.7 Å². The molecule has 0 unspecified atom stereocenters. The fourth-order valence-corrected chi connectivity index (χ4v) is 2.59. The summed E-state index contributed by atoms with van der Waals surface area (Å²) in [6.45, 7) is 0.686. The number of rotatable bonds is 4. The summed E-state index contributed by atoms with van der Waals surface area (Å²) >= 11 is 0. The molecule has 2 aromatic rings. The van der Waals surface area contributed by atoms with Crippen LogP contribution in [0.3, 0.4) is 0 Å². The van der Waals surface area contributed by atoms with E-state index >= 15 is 0 Å². The lowest BCUT2D eigenvalue weighted by Crippen LogP contribution is -2.01. The Morgan fingerprint density at radius 1 is 1.11 bits per heavy atom. The van der Waals surface area contributed by atoms with Crippen molar-refractivity contribution in [1.82, 2.24) is 0 Å². The van der Waals surface area contributed by atoms with Crippen LogP contribution >= 0.6 is 0 Å². The second kappa shape index (κ2) is 5.45. The van der Waals surface area contributed by atoms with Crippen molar-refractivity contribution in [1.29, 1.82) is 0 Å². The molecule has 0 spiro atoms. The van der Waals surface area contributed by atoms with Crippen LogP contribution in [0.25, 0.3) is 0 Å². The lowest BCUT2D eigenvalue weighted by atomic mass is 10.1. The number of hydrogen-bond donors (Lipinski definition) is 1. The van der Waals surface area contributed by atoms with E-state index in [2.05, 4.69) is 18.2 Å². The molecule has 1 N–H and O–H groups in total. The van der Waals surface area contributed by atoms with E-state index in [9.17, 15) is 5.11 Å². The Morgan fingerprint density at radius 3 is 2.79 bits per heavy atom. The molecule has 2 aromatic carbocycles. The Hall–Kier alpha value is -1.80. The molecule has 98 valence electrons. The summed E-state index contributed by atoms with van der Waals surface area (Å²) < 4.78 is 5.79. The maximum Gasteiger partial charge on any atom is 0.119 e. The lowest BCUT2D eigenvalue weighted by Gasteiger charge is -2.09. The third-order valence-corrected chi connectivity index (χ3v) is 3.66. The van der Waals surface area contributed by atoms with Crippen molar-refractivity contribution in [2.24, 2.45) is 0 Å². The molecule has 0 heterocycles. The normalized spacial score (nSPS) is 17.2. The molecule has 0 saturated heterocycles. The minimum atomic E-state index is -0.284. The SMILES string of the molecule is O[C@@H]1CCc2cc(OCCc3ccccc3)ccc21. The lowest BCUT2D eigenvalue weighted by molar-refractivity contribution is 0.180. The monoisotopic (exact) mass is 254 g/mol. The van der Waals surface area contributed by atoms with Crippen LogP contribution in [0, 0.1) is 0 Å². The van der Waals surface area contributed by atoms with Gasteiger partial charge in [-0.15, -0.1) is 0 Å². The largest absolute Gasteiger partial charge is 0.493 e. The summed E-state index contributed by atoms with van der Waals surface area (Å²) in [7, 11) is 0. The molecule has 0 bridgehead atoms. The maximum absolute atomic E-state index is 9.76. The molecule has 0 amide bonds.